The summed E-state index contributed by atoms with van der Waals surface area (Å²) in [5.41, 5.74) is -1.24. The summed E-state index contributed by atoms with van der Waals surface area (Å²) < 4.78 is 0. The lowest BCUT2D eigenvalue weighted by Crippen LogP contribution is -2.62. The summed E-state index contributed by atoms with van der Waals surface area (Å²) in [5, 5.41) is 23.0. The van der Waals surface area contributed by atoms with Gasteiger partial charge in [0.05, 0.1) is 6.07 Å². The Kier molecular flexibility index (Phi) is 5.91. The number of halogens is 1. The highest BCUT2D eigenvalue weighted by molar-refractivity contribution is 6.30. The number of Topliss-reactive ketones (excluding diaryl/α,β-unsaturated/α-hetero) is 1. The standard InChI is InChI=1S/C23H27ClN4O4/c1-27(21(31)32)23(14-26-12-18(23)15-2-4-17(24)5-3-15)19(29)16-6-10-28(11-7-16)20(30)22(13-25)8-9-22/h2-5,16,18,26H,6-12,14H2,1H3,(H,31,32)/t18-,23+/m0/s1. The van der Waals surface area contributed by atoms with Gasteiger partial charge < -0.3 is 15.3 Å². The molecule has 3 aliphatic rings. The van der Waals surface area contributed by atoms with Crippen molar-refractivity contribution in [1.82, 2.24) is 15.1 Å². The number of rotatable bonds is 5. The van der Waals surface area contributed by atoms with E-state index in [-0.39, 0.29) is 30.1 Å². The van der Waals surface area contributed by atoms with Gasteiger partial charge in [0, 0.05) is 50.1 Å². The minimum Gasteiger partial charge on any atom is -0.465 e. The molecule has 170 valence electrons. The van der Waals surface area contributed by atoms with Crippen LogP contribution in [0.5, 0.6) is 0 Å². The Hall–Kier alpha value is -2.63. The van der Waals surface area contributed by atoms with Crippen LogP contribution in [0, 0.1) is 22.7 Å². The van der Waals surface area contributed by atoms with Crippen molar-refractivity contribution in [2.45, 2.75) is 37.1 Å². The topological polar surface area (TPSA) is 114 Å². The molecule has 0 bridgehead atoms. The number of nitriles is 1. The number of nitrogens with zero attached hydrogens (tertiary/aromatic N) is 3. The maximum absolute atomic E-state index is 13.9. The Bertz CT molecular complexity index is 963. The van der Waals surface area contributed by atoms with Crippen LogP contribution in [0.1, 0.15) is 37.2 Å². The first kappa shape index (κ1) is 22.6. The van der Waals surface area contributed by atoms with Crippen LogP contribution < -0.4 is 5.32 Å². The number of likely N-dealkylation sites (tertiary alicyclic amines) is 1. The molecule has 8 nitrogen and oxygen atoms in total. The number of amides is 2. The zero-order chi connectivity index (χ0) is 23.1. The van der Waals surface area contributed by atoms with Crippen LogP contribution in [-0.2, 0) is 9.59 Å². The monoisotopic (exact) mass is 458 g/mol. The maximum atomic E-state index is 13.9. The van der Waals surface area contributed by atoms with Crippen molar-refractivity contribution < 1.29 is 19.5 Å². The number of hydrogen-bond donors (Lipinski definition) is 2. The first-order valence-electron chi connectivity index (χ1n) is 10.9. The van der Waals surface area contributed by atoms with E-state index in [1.165, 1.54) is 7.05 Å². The predicted octanol–water partition coefficient (Wildman–Crippen LogP) is 2.49. The second-order valence-electron chi connectivity index (χ2n) is 9.13. The fraction of sp³-hybridized carbons (Fsp3) is 0.565. The Morgan fingerprint density at radius 3 is 2.38 bits per heavy atom. The van der Waals surface area contributed by atoms with E-state index in [0.717, 1.165) is 10.5 Å². The molecule has 2 aliphatic heterocycles. The highest BCUT2D eigenvalue weighted by Gasteiger charge is 2.57. The van der Waals surface area contributed by atoms with Gasteiger partial charge in [0.25, 0.3) is 0 Å². The Morgan fingerprint density at radius 1 is 1.22 bits per heavy atom. The average Bonchev–Trinajstić information content (AvgIpc) is 3.49. The molecule has 0 unspecified atom stereocenters. The maximum Gasteiger partial charge on any atom is 0.407 e. The fourth-order valence-electron chi connectivity index (χ4n) is 5.23. The SMILES string of the molecule is CN(C(=O)O)[C@]1(C(=O)C2CCN(C(=O)C3(C#N)CC3)CC2)CNC[C@H]1c1ccc(Cl)cc1. The van der Waals surface area contributed by atoms with E-state index in [1.54, 1.807) is 17.0 Å². The van der Waals surface area contributed by atoms with Crippen LogP contribution in [0.15, 0.2) is 24.3 Å². The molecule has 2 N–H and O–H groups in total. The lowest BCUT2D eigenvalue weighted by molar-refractivity contribution is -0.141. The Morgan fingerprint density at radius 2 is 1.84 bits per heavy atom. The number of carbonyl (C=O) groups excluding carboxylic acids is 2. The summed E-state index contributed by atoms with van der Waals surface area (Å²) in [6, 6.07) is 9.32. The molecule has 2 saturated heterocycles. The van der Waals surface area contributed by atoms with E-state index in [1.807, 2.05) is 12.1 Å². The summed E-state index contributed by atoms with van der Waals surface area (Å²) in [6.07, 6.45) is 0.978. The summed E-state index contributed by atoms with van der Waals surface area (Å²) >= 11 is 6.03. The lowest BCUT2D eigenvalue weighted by atomic mass is 9.72. The molecule has 1 aromatic carbocycles. The lowest BCUT2D eigenvalue weighted by Gasteiger charge is -2.43. The molecule has 0 radical (unpaired) electrons. The van der Waals surface area contributed by atoms with Crippen molar-refractivity contribution in [3.8, 4) is 6.07 Å². The van der Waals surface area contributed by atoms with E-state index in [4.69, 9.17) is 11.6 Å². The minimum absolute atomic E-state index is 0.110. The van der Waals surface area contributed by atoms with Gasteiger partial charge in [-0.15, -0.1) is 0 Å². The van der Waals surface area contributed by atoms with Crippen LogP contribution in [0.4, 0.5) is 4.79 Å². The highest BCUT2D eigenvalue weighted by atomic mass is 35.5. The molecule has 32 heavy (non-hydrogen) atoms. The summed E-state index contributed by atoms with van der Waals surface area (Å²) in [7, 11) is 1.46. The molecule has 4 rings (SSSR count). The number of nitrogens with one attached hydrogen (secondary N) is 1. The van der Waals surface area contributed by atoms with Crippen LogP contribution in [-0.4, -0.2) is 71.5 Å². The summed E-state index contributed by atoms with van der Waals surface area (Å²) in [6.45, 7) is 1.53. The fourth-order valence-corrected chi connectivity index (χ4v) is 5.36. The van der Waals surface area contributed by atoms with Crippen LogP contribution in [0.2, 0.25) is 5.02 Å². The number of hydrogen-bond acceptors (Lipinski definition) is 5. The van der Waals surface area contributed by atoms with Gasteiger partial charge in [-0.2, -0.15) is 5.26 Å². The van der Waals surface area contributed by atoms with Gasteiger partial charge in [0.15, 0.2) is 5.78 Å². The van der Waals surface area contributed by atoms with Crippen molar-refractivity contribution in [2.24, 2.45) is 11.3 Å². The molecule has 1 saturated carbocycles. The molecule has 9 heteroatoms. The third-order valence-corrected chi connectivity index (χ3v) is 7.68. The molecule has 0 spiro atoms. The zero-order valence-electron chi connectivity index (χ0n) is 18.0. The summed E-state index contributed by atoms with van der Waals surface area (Å²) in [5.74, 6) is -0.945. The molecular weight excluding hydrogens is 432 g/mol. The Balaban J connectivity index is 1.57. The van der Waals surface area contributed by atoms with Gasteiger partial charge in [0.1, 0.15) is 11.0 Å². The second-order valence-corrected chi connectivity index (χ2v) is 9.56. The quantitative estimate of drug-likeness (QED) is 0.700. The van der Waals surface area contributed by atoms with Crippen molar-refractivity contribution in [3.05, 3.63) is 34.9 Å². The smallest absolute Gasteiger partial charge is 0.407 e. The van der Waals surface area contributed by atoms with E-state index in [2.05, 4.69) is 11.4 Å². The highest BCUT2D eigenvalue weighted by Crippen LogP contribution is 2.47. The van der Waals surface area contributed by atoms with Crippen molar-refractivity contribution in [1.29, 1.82) is 5.26 Å². The zero-order valence-corrected chi connectivity index (χ0v) is 18.8. The first-order valence-corrected chi connectivity index (χ1v) is 11.3. The summed E-state index contributed by atoms with van der Waals surface area (Å²) in [4.78, 5) is 41.5. The number of piperidine rings is 1. The first-order chi connectivity index (χ1) is 15.2. The van der Waals surface area contributed by atoms with Gasteiger partial charge >= 0.3 is 6.09 Å². The van der Waals surface area contributed by atoms with Gasteiger partial charge in [-0.3, -0.25) is 14.5 Å². The third-order valence-electron chi connectivity index (χ3n) is 7.43. The number of carbonyl (C=O) groups is 3. The molecule has 1 aromatic rings. The van der Waals surface area contributed by atoms with E-state index >= 15 is 0 Å². The molecular formula is C23H27ClN4O4. The normalized spacial score (nSPS) is 26.9. The van der Waals surface area contributed by atoms with E-state index in [0.29, 0.717) is 50.3 Å². The van der Waals surface area contributed by atoms with Crippen LogP contribution in [0.3, 0.4) is 0 Å². The number of carboxylic acid groups (broad SMARTS) is 1. The molecule has 3 fully saturated rings. The third kappa shape index (κ3) is 3.63. The van der Waals surface area contributed by atoms with Gasteiger partial charge in [-0.1, -0.05) is 23.7 Å². The predicted molar refractivity (Wildman–Crippen MR) is 117 cm³/mol. The average molecular weight is 459 g/mol. The number of benzene rings is 1. The van der Waals surface area contributed by atoms with Gasteiger partial charge in [-0.25, -0.2) is 4.79 Å². The van der Waals surface area contributed by atoms with Gasteiger partial charge in [-0.05, 0) is 43.4 Å². The van der Waals surface area contributed by atoms with Crippen LogP contribution in [0.25, 0.3) is 0 Å². The molecule has 0 aromatic heterocycles. The Labute approximate surface area is 192 Å². The van der Waals surface area contributed by atoms with Crippen molar-refractivity contribution in [3.63, 3.8) is 0 Å². The number of ketones is 1. The van der Waals surface area contributed by atoms with Crippen molar-refractivity contribution >= 4 is 29.4 Å². The molecule has 2 amide bonds. The molecule has 1 aliphatic carbocycles. The van der Waals surface area contributed by atoms with E-state index in [9.17, 15) is 24.8 Å². The van der Waals surface area contributed by atoms with Gasteiger partial charge in [0.2, 0.25) is 5.91 Å². The van der Waals surface area contributed by atoms with Crippen molar-refractivity contribution in [2.75, 3.05) is 33.2 Å². The minimum atomic E-state index is -1.24. The molecule has 2 heterocycles. The van der Waals surface area contributed by atoms with E-state index < -0.39 is 17.0 Å². The number of likely N-dealkylation sites (N-methyl/N-ethyl adjacent to an activating group) is 1. The van der Waals surface area contributed by atoms with Crippen LogP contribution >= 0.6 is 11.6 Å². The second kappa shape index (κ2) is 8.38. The largest absolute Gasteiger partial charge is 0.465 e. The molecule has 2 atom stereocenters.